The number of nitrogens with two attached hydrogens (primary N) is 1. The Labute approximate surface area is 130 Å². The van der Waals surface area contributed by atoms with E-state index < -0.39 is 10.0 Å². The summed E-state index contributed by atoms with van der Waals surface area (Å²) < 4.78 is 29.7. The number of rotatable bonds is 6. The van der Waals surface area contributed by atoms with Crippen LogP contribution in [0.1, 0.15) is 13.3 Å². The Balaban J connectivity index is 2.09. The largest absolute Gasteiger partial charge is 0.382 e. The van der Waals surface area contributed by atoms with Gasteiger partial charge in [-0.3, -0.25) is 0 Å². The van der Waals surface area contributed by atoms with Crippen LogP contribution in [-0.2, 0) is 10.0 Å². The first-order valence-corrected chi connectivity index (χ1v) is 9.21. The highest BCUT2D eigenvalue weighted by Gasteiger charge is 2.28. The zero-order valence-corrected chi connectivity index (χ0v) is 14.3. The highest BCUT2D eigenvalue weighted by Crippen LogP contribution is 2.33. The fraction of sp³-hybridized carbons (Fsp3) is 0.750. The van der Waals surface area contributed by atoms with Gasteiger partial charge in [0.2, 0.25) is 10.0 Å². The maximum Gasteiger partial charge on any atom is 0.249 e. The van der Waals surface area contributed by atoms with Crippen molar-refractivity contribution in [2.24, 2.45) is 5.92 Å². The molecule has 1 unspecified atom stereocenters. The highest BCUT2D eigenvalue weighted by molar-refractivity contribution is 7.89. The van der Waals surface area contributed by atoms with Crippen LogP contribution in [0.5, 0.6) is 0 Å². The molecule has 1 atom stereocenters. The molecule has 2 heterocycles. The molecule has 1 saturated heterocycles. The highest BCUT2D eigenvalue weighted by atomic mass is 32.2. The van der Waals surface area contributed by atoms with Gasteiger partial charge in [0.15, 0.2) is 10.7 Å². The predicted molar refractivity (Wildman–Crippen MR) is 86.1 cm³/mol. The number of hydrogen-bond acceptors (Lipinski definition) is 7. The van der Waals surface area contributed by atoms with Crippen molar-refractivity contribution in [1.82, 2.24) is 13.6 Å². The van der Waals surface area contributed by atoms with E-state index in [4.69, 9.17) is 5.73 Å². The van der Waals surface area contributed by atoms with Crippen molar-refractivity contribution >= 4 is 32.4 Å². The van der Waals surface area contributed by atoms with E-state index in [1.54, 1.807) is 0 Å². The minimum Gasteiger partial charge on any atom is -0.382 e. The van der Waals surface area contributed by atoms with E-state index in [0.29, 0.717) is 10.9 Å². The van der Waals surface area contributed by atoms with Crippen LogP contribution in [0.15, 0.2) is 4.90 Å². The number of sulfonamides is 1. The standard InChI is InChI=1S/C12H23N5O2S2/c1-4-17-6-5-9(8-17)7-14-12-10(11(13)15-20-12)21(18,19)16(2)3/h9,14H,4-8H2,1-3H3,(H2,13,15). The molecule has 1 aromatic rings. The lowest BCUT2D eigenvalue weighted by atomic mass is 10.1. The van der Waals surface area contributed by atoms with Crippen LogP contribution in [0.25, 0.3) is 0 Å². The molecule has 1 aliphatic rings. The monoisotopic (exact) mass is 333 g/mol. The number of likely N-dealkylation sites (tertiary alicyclic amines) is 1. The zero-order chi connectivity index (χ0) is 15.6. The minimum absolute atomic E-state index is 0.0674. The van der Waals surface area contributed by atoms with Crippen molar-refractivity contribution in [1.29, 1.82) is 0 Å². The van der Waals surface area contributed by atoms with Gasteiger partial charge in [0.05, 0.1) is 0 Å². The second kappa shape index (κ2) is 6.47. The van der Waals surface area contributed by atoms with Gasteiger partial charge in [-0.25, -0.2) is 12.7 Å². The summed E-state index contributed by atoms with van der Waals surface area (Å²) >= 11 is 1.10. The molecule has 9 heteroatoms. The minimum atomic E-state index is -3.57. The number of anilines is 2. The zero-order valence-electron chi connectivity index (χ0n) is 12.7. The Kier molecular flexibility index (Phi) is 5.07. The van der Waals surface area contributed by atoms with Crippen molar-refractivity contribution in [3.63, 3.8) is 0 Å². The van der Waals surface area contributed by atoms with Crippen LogP contribution < -0.4 is 11.1 Å². The summed E-state index contributed by atoms with van der Waals surface area (Å²) in [5.41, 5.74) is 5.74. The quantitative estimate of drug-likeness (QED) is 0.797. The van der Waals surface area contributed by atoms with Crippen molar-refractivity contribution < 1.29 is 8.42 Å². The van der Waals surface area contributed by atoms with Crippen molar-refractivity contribution in [3.8, 4) is 0 Å². The normalized spacial score (nSPS) is 20.3. The molecule has 0 spiro atoms. The number of nitrogen functional groups attached to an aromatic ring is 1. The molecule has 7 nitrogen and oxygen atoms in total. The van der Waals surface area contributed by atoms with Gasteiger partial charge in [-0.05, 0) is 37.0 Å². The van der Waals surface area contributed by atoms with E-state index in [1.165, 1.54) is 14.1 Å². The number of hydrogen-bond donors (Lipinski definition) is 2. The molecule has 120 valence electrons. The molecule has 1 aromatic heterocycles. The Morgan fingerprint density at radius 1 is 1.52 bits per heavy atom. The van der Waals surface area contributed by atoms with Crippen molar-refractivity contribution in [2.75, 3.05) is 51.3 Å². The molecule has 0 saturated carbocycles. The molecule has 2 rings (SSSR count). The van der Waals surface area contributed by atoms with Gasteiger partial charge in [0.25, 0.3) is 0 Å². The summed E-state index contributed by atoms with van der Waals surface area (Å²) in [5.74, 6) is 0.598. The maximum absolute atomic E-state index is 12.3. The van der Waals surface area contributed by atoms with Gasteiger partial charge in [-0.2, -0.15) is 4.37 Å². The van der Waals surface area contributed by atoms with Gasteiger partial charge in [-0.15, -0.1) is 0 Å². The summed E-state index contributed by atoms with van der Waals surface area (Å²) in [7, 11) is -0.588. The van der Waals surface area contributed by atoms with Gasteiger partial charge >= 0.3 is 0 Å². The van der Waals surface area contributed by atoms with E-state index >= 15 is 0 Å². The number of nitrogens with one attached hydrogen (secondary N) is 1. The lowest BCUT2D eigenvalue weighted by Gasteiger charge is -2.15. The molecule has 1 fully saturated rings. The van der Waals surface area contributed by atoms with E-state index in [9.17, 15) is 8.42 Å². The van der Waals surface area contributed by atoms with E-state index in [1.807, 2.05) is 0 Å². The Hall–Kier alpha value is -0.900. The Morgan fingerprint density at radius 3 is 2.81 bits per heavy atom. The number of nitrogens with zero attached hydrogens (tertiary/aromatic N) is 3. The molecular formula is C12H23N5O2S2. The van der Waals surface area contributed by atoms with E-state index in [0.717, 1.165) is 48.4 Å². The second-order valence-electron chi connectivity index (χ2n) is 5.44. The fourth-order valence-corrected chi connectivity index (χ4v) is 4.53. The summed E-state index contributed by atoms with van der Waals surface area (Å²) in [6.45, 7) is 6.11. The summed E-state index contributed by atoms with van der Waals surface area (Å²) in [5, 5.41) is 3.76. The molecule has 0 aromatic carbocycles. The SMILES string of the molecule is CCN1CCC(CNc2snc(N)c2S(=O)(=O)N(C)C)C1. The number of aromatic nitrogens is 1. The Morgan fingerprint density at radius 2 is 2.24 bits per heavy atom. The van der Waals surface area contributed by atoms with Crippen LogP contribution in [0.2, 0.25) is 0 Å². The first-order chi connectivity index (χ1) is 9.86. The molecule has 3 N–H and O–H groups in total. The molecule has 0 radical (unpaired) electrons. The second-order valence-corrected chi connectivity index (χ2v) is 8.30. The van der Waals surface area contributed by atoms with Gasteiger partial charge < -0.3 is 16.0 Å². The fourth-order valence-electron chi connectivity index (χ4n) is 2.44. The molecule has 21 heavy (non-hydrogen) atoms. The lowest BCUT2D eigenvalue weighted by Crippen LogP contribution is -2.25. The first-order valence-electron chi connectivity index (χ1n) is 7.00. The average molecular weight is 333 g/mol. The van der Waals surface area contributed by atoms with Crippen LogP contribution in [-0.4, -0.2) is 62.3 Å². The van der Waals surface area contributed by atoms with Crippen LogP contribution in [0.3, 0.4) is 0 Å². The molecule has 1 aliphatic heterocycles. The third kappa shape index (κ3) is 3.47. The van der Waals surface area contributed by atoms with Crippen LogP contribution in [0, 0.1) is 5.92 Å². The predicted octanol–water partition coefficient (Wildman–Crippen LogP) is 0.729. The topological polar surface area (TPSA) is 91.6 Å². The van der Waals surface area contributed by atoms with Gasteiger partial charge in [0.1, 0.15) is 5.00 Å². The van der Waals surface area contributed by atoms with Gasteiger partial charge in [0, 0.05) is 27.2 Å². The summed E-state index contributed by atoms with van der Waals surface area (Å²) in [6.07, 6.45) is 1.13. The van der Waals surface area contributed by atoms with Crippen LogP contribution >= 0.6 is 11.5 Å². The first kappa shape index (κ1) is 16.5. The van der Waals surface area contributed by atoms with E-state index in [2.05, 4.69) is 21.5 Å². The average Bonchev–Trinajstić information content (AvgIpc) is 3.02. The Bertz CT molecular complexity index is 584. The smallest absolute Gasteiger partial charge is 0.249 e. The third-order valence-electron chi connectivity index (χ3n) is 3.78. The van der Waals surface area contributed by atoms with E-state index in [-0.39, 0.29) is 10.7 Å². The molecule has 0 aliphatic carbocycles. The summed E-state index contributed by atoms with van der Waals surface area (Å²) in [6, 6.07) is 0. The molecule has 0 amide bonds. The van der Waals surface area contributed by atoms with Gasteiger partial charge in [-0.1, -0.05) is 6.92 Å². The lowest BCUT2D eigenvalue weighted by molar-refractivity contribution is 0.345. The maximum atomic E-state index is 12.3. The molecular weight excluding hydrogens is 310 g/mol. The van der Waals surface area contributed by atoms with Crippen molar-refractivity contribution in [2.45, 2.75) is 18.2 Å². The molecule has 0 bridgehead atoms. The third-order valence-corrected chi connectivity index (χ3v) is 6.62. The summed E-state index contributed by atoms with van der Waals surface area (Å²) in [4.78, 5) is 2.49. The van der Waals surface area contributed by atoms with Crippen molar-refractivity contribution in [3.05, 3.63) is 0 Å². The van der Waals surface area contributed by atoms with Crippen LogP contribution in [0.4, 0.5) is 10.8 Å².